The Morgan fingerprint density at radius 1 is 1.36 bits per heavy atom. The molecule has 1 saturated heterocycles. The number of nitrogens with one attached hydrogen (secondary N) is 2. The van der Waals surface area contributed by atoms with Crippen LogP contribution in [0.3, 0.4) is 0 Å². The maximum atomic E-state index is 13.0. The van der Waals surface area contributed by atoms with Gasteiger partial charge in [-0.05, 0) is 24.6 Å². The lowest BCUT2D eigenvalue weighted by Crippen LogP contribution is -3.06. The number of hydrogen-bond acceptors (Lipinski definition) is 3. The molecular weight excluding hydrogens is 381 g/mol. The highest BCUT2D eigenvalue weighted by atomic mass is 35.5. The average Bonchev–Trinajstić information content (AvgIpc) is 2.97. The number of carbonyl (C=O) groups excluding carboxylic acids is 2. The van der Waals surface area contributed by atoms with E-state index in [4.69, 9.17) is 23.2 Å². The topological polar surface area (TPSA) is 53.9 Å². The van der Waals surface area contributed by atoms with Crippen LogP contribution in [0.1, 0.15) is 23.7 Å². The van der Waals surface area contributed by atoms with Crippen molar-refractivity contribution in [2.24, 2.45) is 0 Å². The quantitative estimate of drug-likeness (QED) is 0.755. The third kappa shape index (κ3) is 5.03. The maximum absolute atomic E-state index is 13.0. The summed E-state index contributed by atoms with van der Waals surface area (Å²) in [6, 6.07) is 4.33. The number of benzene rings is 1. The molecular formula is C17H24Cl2N3O2S+. The number of hydrogen-bond donors (Lipinski definition) is 2. The van der Waals surface area contributed by atoms with Gasteiger partial charge < -0.3 is 15.1 Å². The molecule has 1 aliphatic rings. The van der Waals surface area contributed by atoms with Gasteiger partial charge in [-0.15, -0.1) is 11.8 Å². The van der Waals surface area contributed by atoms with Gasteiger partial charge in [0, 0.05) is 10.8 Å². The van der Waals surface area contributed by atoms with E-state index in [1.165, 1.54) is 4.90 Å². The number of quaternary nitrogens is 1. The number of carbonyl (C=O) groups is 2. The summed E-state index contributed by atoms with van der Waals surface area (Å²) in [4.78, 5) is 28.6. The van der Waals surface area contributed by atoms with Gasteiger partial charge >= 0.3 is 0 Å². The second-order valence-electron chi connectivity index (χ2n) is 6.30. The smallest absolute Gasteiger partial charge is 0.256 e. The Hall–Kier alpha value is -0.950. The van der Waals surface area contributed by atoms with Gasteiger partial charge in [0.25, 0.3) is 5.91 Å². The van der Waals surface area contributed by atoms with Gasteiger partial charge in [-0.3, -0.25) is 9.59 Å². The van der Waals surface area contributed by atoms with E-state index in [0.717, 1.165) is 13.0 Å². The predicted octanol–water partition coefficient (Wildman–Crippen LogP) is 1.55. The molecule has 25 heavy (non-hydrogen) atoms. The van der Waals surface area contributed by atoms with E-state index in [-0.39, 0.29) is 17.2 Å². The minimum atomic E-state index is -0.480. The first-order valence-electron chi connectivity index (χ1n) is 8.31. The van der Waals surface area contributed by atoms with Crippen LogP contribution in [-0.2, 0) is 4.79 Å². The molecule has 8 heteroatoms. The van der Waals surface area contributed by atoms with Gasteiger partial charge in [0.05, 0.1) is 43.1 Å². The van der Waals surface area contributed by atoms with Crippen LogP contribution in [0, 0.1) is 0 Å². The Balaban J connectivity index is 2.18. The first kappa shape index (κ1) is 20.4. The molecule has 5 nitrogen and oxygen atoms in total. The van der Waals surface area contributed by atoms with Gasteiger partial charge in [-0.25, -0.2) is 0 Å². The summed E-state index contributed by atoms with van der Waals surface area (Å²) in [5, 5.41) is 3.69. The zero-order valence-corrected chi connectivity index (χ0v) is 17.0. The molecule has 0 saturated carbocycles. The lowest BCUT2D eigenvalue weighted by molar-refractivity contribution is -0.856. The normalized spacial score (nSPS) is 20.2. The van der Waals surface area contributed by atoms with Crippen LogP contribution in [-0.4, -0.2) is 61.1 Å². The van der Waals surface area contributed by atoms with E-state index in [0.29, 0.717) is 27.9 Å². The minimum Gasteiger partial charge on any atom is -0.349 e. The van der Waals surface area contributed by atoms with Crippen molar-refractivity contribution in [1.29, 1.82) is 0 Å². The van der Waals surface area contributed by atoms with E-state index in [9.17, 15) is 9.59 Å². The molecule has 2 rings (SSSR count). The molecule has 2 N–H and O–H groups in total. The molecule has 1 aliphatic heterocycles. The minimum absolute atomic E-state index is 0.0329. The summed E-state index contributed by atoms with van der Waals surface area (Å²) in [5.74, 6) is 0.260. The van der Waals surface area contributed by atoms with E-state index in [2.05, 4.69) is 5.32 Å². The van der Waals surface area contributed by atoms with Crippen LogP contribution in [0.4, 0.5) is 0 Å². The highest BCUT2D eigenvalue weighted by Gasteiger charge is 2.41. The van der Waals surface area contributed by atoms with E-state index in [1.54, 1.807) is 34.9 Å². The molecule has 0 aromatic heterocycles. The standard InChI is InChI=1S/C17H23Cl2N3O2S/c1-4-15-22(17(24)12-6-5-11(18)9-13(12)19)14(10-25-15)16(23)20-7-8-21(2)3/h5-6,9,14-15H,4,7-8,10H2,1-3H3,(H,20,23)/p+1/t14-,15+/m0/s1. The summed E-state index contributed by atoms with van der Waals surface area (Å²) in [5.41, 5.74) is 0.377. The van der Waals surface area contributed by atoms with Crippen LogP contribution >= 0.6 is 35.0 Å². The third-order valence-electron chi connectivity index (χ3n) is 4.06. The van der Waals surface area contributed by atoms with Crippen molar-refractivity contribution in [2.75, 3.05) is 32.9 Å². The van der Waals surface area contributed by atoms with Crippen LogP contribution in [0.15, 0.2) is 18.2 Å². The molecule has 0 bridgehead atoms. The predicted molar refractivity (Wildman–Crippen MR) is 104 cm³/mol. The van der Waals surface area contributed by atoms with Crippen LogP contribution in [0.2, 0.25) is 10.0 Å². The zero-order chi connectivity index (χ0) is 18.6. The Morgan fingerprint density at radius 3 is 2.68 bits per heavy atom. The van der Waals surface area contributed by atoms with Gasteiger partial charge in [-0.1, -0.05) is 30.1 Å². The third-order valence-corrected chi connectivity index (χ3v) is 6.07. The number of nitrogens with zero attached hydrogens (tertiary/aromatic N) is 1. The van der Waals surface area contributed by atoms with Crippen molar-refractivity contribution in [1.82, 2.24) is 10.2 Å². The van der Waals surface area contributed by atoms with Gasteiger partial charge in [0.1, 0.15) is 6.04 Å². The Kier molecular flexibility index (Phi) is 7.43. The fourth-order valence-corrected chi connectivity index (χ4v) is 4.55. The molecule has 0 unspecified atom stereocenters. The van der Waals surface area contributed by atoms with Crippen molar-refractivity contribution < 1.29 is 14.5 Å². The fraction of sp³-hybridized carbons (Fsp3) is 0.529. The second-order valence-corrected chi connectivity index (χ2v) is 8.35. The van der Waals surface area contributed by atoms with Crippen molar-refractivity contribution in [2.45, 2.75) is 24.8 Å². The SMILES string of the molecule is CC[C@H]1SC[C@@H](C(=O)NCC[NH+](C)C)N1C(=O)c1ccc(Cl)cc1Cl. The molecule has 0 aliphatic carbocycles. The first-order valence-corrected chi connectivity index (χ1v) is 10.1. The zero-order valence-electron chi connectivity index (χ0n) is 14.6. The summed E-state index contributed by atoms with van der Waals surface area (Å²) in [7, 11) is 4.06. The summed E-state index contributed by atoms with van der Waals surface area (Å²) in [6.45, 7) is 3.43. The highest BCUT2D eigenvalue weighted by Crippen LogP contribution is 2.34. The van der Waals surface area contributed by atoms with E-state index >= 15 is 0 Å². The van der Waals surface area contributed by atoms with Crippen LogP contribution < -0.4 is 10.2 Å². The summed E-state index contributed by atoms with van der Waals surface area (Å²) < 4.78 is 0. The Bertz CT molecular complexity index is 642. The number of likely N-dealkylation sites (N-methyl/N-ethyl adjacent to an activating group) is 1. The number of thioether (sulfide) groups is 1. The Morgan fingerprint density at radius 2 is 2.08 bits per heavy atom. The first-order chi connectivity index (χ1) is 11.8. The van der Waals surface area contributed by atoms with Crippen LogP contribution in [0.25, 0.3) is 0 Å². The lowest BCUT2D eigenvalue weighted by Gasteiger charge is -2.28. The maximum Gasteiger partial charge on any atom is 0.256 e. The number of amides is 2. The van der Waals surface area contributed by atoms with Crippen molar-refractivity contribution in [3.05, 3.63) is 33.8 Å². The second kappa shape index (κ2) is 9.12. The van der Waals surface area contributed by atoms with Gasteiger partial charge in [0.2, 0.25) is 5.91 Å². The summed E-state index contributed by atoms with van der Waals surface area (Å²) >= 11 is 13.7. The molecule has 0 radical (unpaired) electrons. The molecule has 138 valence electrons. The fourth-order valence-electron chi connectivity index (χ4n) is 2.71. The highest BCUT2D eigenvalue weighted by molar-refractivity contribution is 8.00. The van der Waals surface area contributed by atoms with Crippen molar-refractivity contribution in [3.63, 3.8) is 0 Å². The molecule has 2 amide bonds. The molecule has 0 spiro atoms. The van der Waals surface area contributed by atoms with E-state index in [1.807, 2.05) is 21.0 Å². The molecule has 1 aromatic carbocycles. The molecule has 2 atom stereocenters. The monoisotopic (exact) mass is 404 g/mol. The largest absolute Gasteiger partial charge is 0.349 e. The van der Waals surface area contributed by atoms with Crippen molar-refractivity contribution >= 4 is 46.8 Å². The average molecular weight is 405 g/mol. The lowest BCUT2D eigenvalue weighted by atomic mass is 10.1. The van der Waals surface area contributed by atoms with Gasteiger partial charge in [-0.2, -0.15) is 0 Å². The molecule has 1 heterocycles. The molecule has 1 aromatic rings. The van der Waals surface area contributed by atoms with E-state index < -0.39 is 6.04 Å². The number of rotatable bonds is 6. The molecule has 1 fully saturated rings. The van der Waals surface area contributed by atoms with Gasteiger partial charge in [0.15, 0.2) is 0 Å². The Labute approximate surface area is 163 Å². The van der Waals surface area contributed by atoms with Crippen molar-refractivity contribution in [3.8, 4) is 0 Å². The van der Waals surface area contributed by atoms with Crippen LogP contribution in [0.5, 0.6) is 0 Å². The number of halogens is 2. The summed E-state index contributed by atoms with van der Waals surface area (Å²) in [6.07, 6.45) is 0.771.